The Morgan fingerprint density at radius 2 is 2.11 bits per heavy atom. The molecule has 154 valence electrons. The average Bonchev–Trinajstić information content (AvgIpc) is 3.17. The summed E-state index contributed by atoms with van der Waals surface area (Å²) in [5.41, 5.74) is 1.32. The van der Waals surface area contributed by atoms with Crippen molar-refractivity contribution < 1.29 is 21.8 Å². The number of aryl methyl sites for hydroxylation is 1. The third-order valence-corrected chi connectivity index (χ3v) is 6.30. The lowest BCUT2D eigenvalue weighted by Crippen LogP contribution is -2.53. The highest BCUT2D eigenvalue weighted by molar-refractivity contribution is 7.86. The van der Waals surface area contributed by atoms with Crippen molar-refractivity contribution in [3.05, 3.63) is 53.5 Å². The van der Waals surface area contributed by atoms with Gasteiger partial charge in [-0.1, -0.05) is 6.07 Å². The van der Waals surface area contributed by atoms with E-state index in [1.165, 1.54) is 5.56 Å². The summed E-state index contributed by atoms with van der Waals surface area (Å²) in [5, 5.41) is 0. The van der Waals surface area contributed by atoms with Crippen molar-refractivity contribution in [1.82, 2.24) is 4.90 Å². The van der Waals surface area contributed by atoms with Gasteiger partial charge in [-0.25, -0.2) is 4.18 Å². The highest BCUT2D eigenvalue weighted by Crippen LogP contribution is 2.44. The van der Waals surface area contributed by atoms with Crippen LogP contribution in [0, 0.1) is 0 Å². The first kappa shape index (κ1) is 20.9. The quantitative estimate of drug-likeness (QED) is 0.492. The molecule has 2 aromatic rings. The SMILES string of the molecule is COc1ccc2c(c1)CCCC2C(C)(OS(C)(=O)=O)N(C)CCc1ccco1. The second kappa shape index (κ2) is 8.27. The van der Waals surface area contributed by atoms with Crippen molar-refractivity contribution in [2.24, 2.45) is 0 Å². The Balaban J connectivity index is 1.93. The first-order valence-electron chi connectivity index (χ1n) is 9.54. The second-order valence-electron chi connectivity index (χ2n) is 7.60. The van der Waals surface area contributed by atoms with Gasteiger partial charge < -0.3 is 9.15 Å². The number of fused-ring (bicyclic) bond motifs is 1. The van der Waals surface area contributed by atoms with Crippen molar-refractivity contribution in [3.8, 4) is 5.75 Å². The van der Waals surface area contributed by atoms with Crippen LogP contribution in [-0.4, -0.2) is 46.0 Å². The third kappa shape index (κ3) is 4.59. The van der Waals surface area contributed by atoms with Crippen LogP contribution < -0.4 is 4.74 Å². The van der Waals surface area contributed by atoms with Gasteiger partial charge in [0.05, 0.1) is 19.6 Å². The zero-order chi connectivity index (χ0) is 20.4. The molecule has 2 unspecified atom stereocenters. The number of methoxy groups -OCH3 is 1. The number of furan rings is 1. The smallest absolute Gasteiger partial charge is 0.266 e. The topological polar surface area (TPSA) is 69.0 Å². The Kier molecular flexibility index (Phi) is 6.17. The molecule has 0 radical (unpaired) electrons. The zero-order valence-corrected chi connectivity index (χ0v) is 17.8. The Morgan fingerprint density at radius 1 is 1.32 bits per heavy atom. The van der Waals surface area contributed by atoms with Crippen molar-refractivity contribution in [2.45, 2.75) is 44.2 Å². The summed E-state index contributed by atoms with van der Waals surface area (Å²) in [6.45, 7) is 2.49. The fourth-order valence-corrected chi connectivity index (χ4v) is 4.98. The Labute approximate surface area is 167 Å². The molecule has 6 nitrogen and oxygen atoms in total. The number of benzene rings is 1. The minimum Gasteiger partial charge on any atom is -0.497 e. The van der Waals surface area contributed by atoms with E-state index in [0.717, 1.165) is 42.6 Å². The second-order valence-corrected chi connectivity index (χ2v) is 9.18. The summed E-state index contributed by atoms with van der Waals surface area (Å²) in [6, 6.07) is 9.80. The molecule has 1 aliphatic rings. The van der Waals surface area contributed by atoms with Crippen LogP contribution in [0.5, 0.6) is 5.75 Å². The van der Waals surface area contributed by atoms with E-state index in [0.29, 0.717) is 13.0 Å². The highest BCUT2D eigenvalue weighted by atomic mass is 32.2. The van der Waals surface area contributed by atoms with Gasteiger partial charge in [0.1, 0.15) is 17.2 Å². The minimum absolute atomic E-state index is 0.0708. The van der Waals surface area contributed by atoms with Crippen molar-refractivity contribution in [1.29, 1.82) is 0 Å². The van der Waals surface area contributed by atoms with Gasteiger partial charge >= 0.3 is 0 Å². The van der Waals surface area contributed by atoms with E-state index in [1.54, 1.807) is 13.4 Å². The normalized spacial score (nSPS) is 19.2. The maximum Gasteiger partial charge on any atom is 0.266 e. The van der Waals surface area contributed by atoms with Crippen LogP contribution in [0.2, 0.25) is 0 Å². The standard InChI is InChI=1S/C21H29NO5S/c1-21(27-28(4,23)24,22(2)13-12-17-8-6-14-26-17)20-9-5-7-16-15-18(25-3)10-11-19(16)20/h6,8,10-11,14-15,20H,5,7,9,12-13H2,1-4H3. The van der Waals surface area contributed by atoms with Crippen LogP contribution in [-0.2, 0) is 27.1 Å². The molecule has 7 heteroatoms. The first-order valence-corrected chi connectivity index (χ1v) is 11.4. The molecule has 28 heavy (non-hydrogen) atoms. The molecule has 0 saturated heterocycles. The molecule has 0 spiro atoms. The van der Waals surface area contributed by atoms with E-state index in [1.807, 2.05) is 49.2 Å². The van der Waals surface area contributed by atoms with E-state index in [9.17, 15) is 8.42 Å². The molecule has 1 aromatic carbocycles. The number of nitrogens with zero attached hydrogens (tertiary/aromatic N) is 1. The molecule has 0 fully saturated rings. The molecular weight excluding hydrogens is 378 g/mol. The van der Waals surface area contributed by atoms with Gasteiger partial charge in [0.2, 0.25) is 0 Å². The monoisotopic (exact) mass is 407 g/mol. The molecule has 2 atom stereocenters. The maximum absolute atomic E-state index is 12.2. The summed E-state index contributed by atoms with van der Waals surface area (Å²) in [4.78, 5) is 1.99. The van der Waals surface area contributed by atoms with E-state index in [2.05, 4.69) is 0 Å². The van der Waals surface area contributed by atoms with E-state index < -0.39 is 15.8 Å². The molecular formula is C21H29NO5S. The summed E-state index contributed by atoms with van der Waals surface area (Å²) in [5.74, 6) is 1.61. The van der Waals surface area contributed by atoms with Crippen molar-refractivity contribution in [3.63, 3.8) is 0 Å². The predicted molar refractivity (Wildman–Crippen MR) is 108 cm³/mol. The van der Waals surface area contributed by atoms with Gasteiger partial charge in [-0.15, -0.1) is 0 Å². The fourth-order valence-electron chi connectivity index (χ4n) is 4.12. The minimum atomic E-state index is -3.65. The van der Waals surface area contributed by atoms with E-state index in [4.69, 9.17) is 13.3 Å². The average molecular weight is 408 g/mol. The predicted octanol–water partition coefficient (Wildman–Crippen LogP) is 3.58. The summed E-state index contributed by atoms with van der Waals surface area (Å²) >= 11 is 0. The summed E-state index contributed by atoms with van der Waals surface area (Å²) in [6.07, 6.45) is 6.22. The van der Waals surface area contributed by atoms with E-state index >= 15 is 0 Å². The lowest BCUT2D eigenvalue weighted by molar-refractivity contribution is -0.0761. The summed E-state index contributed by atoms with van der Waals surface area (Å²) in [7, 11) is -0.0907. The van der Waals surface area contributed by atoms with Gasteiger partial charge in [0.15, 0.2) is 0 Å². The Hall–Kier alpha value is -1.83. The summed E-state index contributed by atoms with van der Waals surface area (Å²) < 4.78 is 40.8. The van der Waals surface area contributed by atoms with Gasteiger partial charge in [-0.3, -0.25) is 4.90 Å². The molecule has 0 saturated carbocycles. The fraction of sp³-hybridized carbons (Fsp3) is 0.524. The van der Waals surface area contributed by atoms with Crippen LogP contribution in [0.15, 0.2) is 41.0 Å². The van der Waals surface area contributed by atoms with Crippen molar-refractivity contribution in [2.75, 3.05) is 27.0 Å². The number of hydrogen-bond acceptors (Lipinski definition) is 6. The lowest BCUT2D eigenvalue weighted by atomic mass is 9.76. The van der Waals surface area contributed by atoms with Gasteiger partial charge in [0, 0.05) is 18.9 Å². The van der Waals surface area contributed by atoms with Crippen LogP contribution in [0.1, 0.15) is 42.6 Å². The number of rotatable bonds is 8. The van der Waals surface area contributed by atoms with Gasteiger partial charge in [0.25, 0.3) is 10.1 Å². The number of likely N-dealkylation sites (N-methyl/N-ethyl adjacent to an activating group) is 1. The molecule has 0 amide bonds. The molecule has 1 heterocycles. The maximum atomic E-state index is 12.2. The van der Waals surface area contributed by atoms with Crippen LogP contribution in [0.25, 0.3) is 0 Å². The molecule has 0 N–H and O–H groups in total. The van der Waals surface area contributed by atoms with Crippen LogP contribution in [0.4, 0.5) is 0 Å². The van der Waals surface area contributed by atoms with Crippen LogP contribution >= 0.6 is 0 Å². The van der Waals surface area contributed by atoms with Crippen molar-refractivity contribution >= 4 is 10.1 Å². The lowest BCUT2D eigenvalue weighted by Gasteiger charge is -2.45. The van der Waals surface area contributed by atoms with E-state index in [-0.39, 0.29) is 5.92 Å². The number of ether oxygens (including phenoxy) is 1. The zero-order valence-electron chi connectivity index (χ0n) is 17.0. The largest absolute Gasteiger partial charge is 0.497 e. The van der Waals surface area contributed by atoms with Gasteiger partial charge in [-0.2, -0.15) is 8.42 Å². The first-order chi connectivity index (χ1) is 13.2. The third-order valence-electron chi connectivity index (χ3n) is 5.66. The van der Waals surface area contributed by atoms with Gasteiger partial charge in [-0.05, 0) is 68.6 Å². The molecule has 0 aliphatic heterocycles. The molecule has 0 bridgehead atoms. The highest BCUT2D eigenvalue weighted by Gasteiger charge is 2.44. The Bertz CT molecular complexity index is 894. The Morgan fingerprint density at radius 3 is 2.75 bits per heavy atom. The van der Waals surface area contributed by atoms with Crippen LogP contribution in [0.3, 0.4) is 0 Å². The number of hydrogen-bond donors (Lipinski definition) is 0. The molecule has 1 aromatic heterocycles. The molecule has 3 rings (SSSR count). The molecule has 1 aliphatic carbocycles.